The monoisotopic (exact) mass is 324 g/mol. The number of aromatic nitrogens is 3. The molecular weight excluding hydrogens is 312 g/mol. The van der Waals surface area contributed by atoms with Gasteiger partial charge in [0.25, 0.3) is 0 Å². The summed E-state index contributed by atoms with van der Waals surface area (Å²) < 4.78 is 11.7. The molecule has 6 nitrogen and oxygen atoms in total. The van der Waals surface area contributed by atoms with Gasteiger partial charge in [0, 0.05) is 7.05 Å². The van der Waals surface area contributed by atoms with Crippen molar-refractivity contribution in [2.45, 2.75) is 6.92 Å². The van der Waals surface area contributed by atoms with E-state index < -0.39 is 0 Å². The van der Waals surface area contributed by atoms with Crippen molar-refractivity contribution in [3.05, 3.63) is 28.7 Å². The van der Waals surface area contributed by atoms with Gasteiger partial charge in [0.1, 0.15) is 5.75 Å². The highest BCUT2D eigenvalue weighted by molar-refractivity contribution is 9.10. The second kappa shape index (κ2) is 6.33. The van der Waals surface area contributed by atoms with E-state index in [-0.39, 0.29) is 12.0 Å². The van der Waals surface area contributed by atoms with Gasteiger partial charge < -0.3 is 14.8 Å². The number of anilines is 1. The van der Waals surface area contributed by atoms with Gasteiger partial charge in [0.2, 0.25) is 5.95 Å². The van der Waals surface area contributed by atoms with Crippen molar-refractivity contribution in [1.29, 1.82) is 0 Å². The molecule has 0 aliphatic rings. The van der Waals surface area contributed by atoms with Gasteiger partial charge in [-0.25, -0.2) is 0 Å². The maximum atomic E-state index is 5.61. The van der Waals surface area contributed by atoms with Crippen LogP contribution in [0.25, 0.3) is 0 Å². The van der Waals surface area contributed by atoms with Crippen molar-refractivity contribution >= 4 is 21.9 Å². The van der Waals surface area contributed by atoms with Crippen LogP contribution in [0.15, 0.2) is 28.7 Å². The SMILES string of the molecule is CCOc1nc(NC)nc(Oc2ccccc2Br)n1. The minimum absolute atomic E-state index is 0.176. The van der Waals surface area contributed by atoms with Crippen molar-refractivity contribution in [3.63, 3.8) is 0 Å². The van der Waals surface area contributed by atoms with E-state index in [2.05, 4.69) is 36.2 Å². The lowest BCUT2D eigenvalue weighted by molar-refractivity contribution is 0.303. The molecule has 0 atom stereocenters. The van der Waals surface area contributed by atoms with Crippen molar-refractivity contribution in [1.82, 2.24) is 15.0 Å². The maximum Gasteiger partial charge on any atom is 0.330 e. The summed E-state index contributed by atoms with van der Waals surface area (Å²) in [6, 6.07) is 7.85. The Balaban J connectivity index is 2.29. The molecule has 1 aromatic carbocycles. The molecule has 0 spiro atoms. The third-order valence-corrected chi connectivity index (χ3v) is 2.78. The average Bonchev–Trinajstić information content (AvgIpc) is 2.41. The van der Waals surface area contributed by atoms with Crippen molar-refractivity contribution in [3.8, 4) is 17.8 Å². The summed E-state index contributed by atoms with van der Waals surface area (Å²) in [6.45, 7) is 2.33. The smallest absolute Gasteiger partial charge is 0.330 e. The molecule has 0 radical (unpaired) electrons. The minimum Gasteiger partial charge on any atom is -0.464 e. The fourth-order valence-corrected chi connectivity index (χ4v) is 1.68. The third-order valence-electron chi connectivity index (χ3n) is 2.13. The van der Waals surface area contributed by atoms with Crippen molar-refractivity contribution in [2.24, 2.45) is 0 Å². The summed E-state index contributed by atoms with van der Waals surface area (Å²) in [7, 11) is 1.72. The number of benzene rings is 1. The van der Waals surface area contributed by atoms with Crippen LogP contribution in [0.2, 0.25) is 0 Å². The Kier molecular flexibility index (Phi) is 4.51. The number of nitrogens with one attached hydrogen (secondary N) is 1. The van der Waals surface area contributed by atoms with Gasteiger partial charge in [-0.3, -0.25) is 0 Å². The summed E-state index contributed by atoms with van der Waals surface area (Å²) in [4.78, 5) is 12.3. The van der Waals surface area contributed by atoms with E-state index in [1.54, 1.807) is 7.05 Å². The highest BCUT2D eigenvalue weighted by Gasteiger charge is 2.09. The zero-order valence-corrected chi connectivity index (χ0v) is 12.1. The van der Waals surface area contributed by atoms with Gasteiger partial charge >= 0.3 is 12.0 Å². The summed E-state index contributed by atoms with van der Waals surface area (Å²) in [5.41, 5.74) is 0. The van der Waals surface area contributed by atoms with Crippen molar-refractivity contribution < 1.29 is 9.47 Å². The van der Waals surface area contributed by atoms with E-state index in [0.29, 0.717) is 18.3 Å². The molecule has 0 saturated carbocycles. The molecule has 19 heavy (non-hydrogen) atoms. The van der Waals surface area contributed by atoms with Crippen LogP contribution in [0, 0.1) is 0 Å². The molecule has 0 saturated heterocycles. The predicted molar refractivity (Wildman–Crippen MR) is 74.8 cm³/mol. The van der Waals surface area contributed by atoms with Gasteiger partial charge in [0.05, 0.1) is 11.1 Å². The van der Waals surface area contributed by atoms with E-state index in [4.69, 9.17) is 9.47 Å². The first kappa shape index (κ1) is 13.5. The van der Waals surface area contributed by atoms with Gasteiger partial charge in [-0.05, 0) is 35.0 Å². The van der Waals surface area contributed by atoms with Crippen LogP contribution in [-0.4, -0.2) is 28.6 Å². The second-order valence-electron chi connectivity index (χ2n) is 3.44. The second-order valence-corrected chi connectivity index (χ2v) is 4.29. The highest BCUT2D eigenvalue weighted by Crippen LogP contribution is 2.28. The Morgan fingerprint density at radius 1 is 1.16 bits per heavy atom. The fraction of sp³-hybridized carbons (Fsp3) is 0.250. The molecule has 0 unspecified atom stereocenters. The van der Waals surface area contributed by atoms with Gasteiger partial charge in [-0.15, -0.1) is 4.98 Å². The van der Waals surface area contributed by atoms with Crippen LogP contribution < -0.4 is 14.8 Å². The zero-order valence-electron chi connectivity index (χ0n) is 10.6. The Bertz CT molecular complexity index is 565. The Morgan fingerprint density at radius 3 is 2.58 bits per heavy atom. The maximum absolute atomic E-state index is 5.61. The van der Waals surface area contributed by atoms with Crippen LogP contribution in [0.1, 0.15) is 6.92 Å². The zero-order chi connectivity index (χ0) is 13.7. The number of rotatable bonds is 5. The lowest BCUT2D eigenvalue weighted by Crippen LogP contribution is -2.05. The van der Waals surface area contributed by atoms with Crippen LogP contribution >= 0.6 is 15.9 Å². The van der Waals surface area contributed by atoms with E-state index in [9.17, 15) is 0 Å². The van der Waals surface area contributed by atoms with Gasteiger partial charge in [-0.2, -0.15) is 9.97 Å². The molecule has 0 bridgehead atoms. The predicted octanol–water partition coefficient (Wildman–Crippen LogP) is 2.87. The van der Waals surface area contributed by atoms with E-state index in [1.165, 1.54) is 0 Å². The van der Waals surface area contributed by atoms with E-state index in [0.717, 1.165) is 4.47 Å². The van der Waals surface area contributed by atoms with Gasteiger partial charge in [-0.1, -0.05) is 12.1 Å². The molecule has 2 rings (SSSR count). The van der Waals surface area contributed by atoms with Crippen LogP contribution in [0.3, 0.4) is 0 Å². The summed E-state index contributed by atoms with van der Waals surface area (Å²) in [6.07, 6.45) is 0. The molecule has 1 N–H and O–H groups in total. The number of nitrogens with zero attached hydrogens (tertiary/aromatic N) is 3. The standard InChI is InChI=1S/C12H13BrN4O2/c1-3-18-11-15-10(14-2)16-12(17-11)19-9-7-5-4-6-8(9)13/h4-7H,3H2,1-2H3,(H,14,15,16,17). The fourth-order valence-electron chi connectivity index (χ4n) is 1.31. The quantitative estimate of drug-likeness (QED) is 0.912. The Hall–Kier alpha value is -1.89. The third kappa shape index (κ3) is 3.54. The Morgan fingerprint density at radius 2 is 1.89 bits per heavy atom. The molecule has 0 aliphatic heterocycles. The number of hydrogen-bond donors (Lipinski definition) is 1. The lowest BCUT2D eigenvalue weighted by atomic mass is 10.3. The lowest BCUT2D eigenvalue weighted by Gasteiger charge is -2.08. The minimum atomic E-state index is 0.176. The highest BCUT2D eigenvalue weighted by atomic mass is 79.9. The molecule has 0 fully saturated rings. The van der Waals surface area contributed by atoms with E-state index in [1.807, 2.05) is 31.2 Å². The molecule has 1 heterocycles. The van der Waals surface area contributed by atoms with Gasteiger partial charge in [0.15, 0.2) is 0 Å². The largest absolute Gasteiger partial charge is 0.464 e. The first-order valence-electron chi connectivity index (χ1n) is 5.72. The molecule has 100 valence electrons. The topological polar surface area (TPSA) is 69.2 Å². The van der Waals surface area contributed by atoms with Crippen molar-refractivity contribution in [2.75, 3.05) is 19.0 Å². The van der Waals surface area contributed by atoms with Crippen LogP contribution in [-0.2, 0) is 0 Å². The summed E-state index contributed by atoms with van der Waals surface area (Å²) in [5.74, 6) is 1.01. The molecule has 0 aliphatic carbocycles. The first-order valence-corrected chi connectivity index (χ1v) is 6.51. The molecule has 1 aromatic heterocycles. The molecule has 7 heteroatoms. The number of ether oxygens (including phenoxy) is 2. The first-order chi connectivity index (χ1) is 9.22. The summed E-state index contributed by atoms with van der Waals surface area (Å²) in [5, 5.41) is 2.83. The molecule has 2 aromatic rings. The average molecular weight is 325 g/mol. The molecular formula is C12H13BrN4O2. The summed E-state index contributed by atoms with van der Waals surface area (Å²) >= 11 is 3.40. The van der Waals surface area contributed by atoms with Crippen LogP contribution in [0.5, 0.6) is 17.8 Å². The number of hydrogen-bond acceptors (Lipinski definition) is 6. The molecule has 0 amide bonds. The number of halogens is 1. The number of para-hydroxylation sites is 1. The van der Waals surface area contributed by atoms with Crippen LogP contribution in [0.4, 0.5) is 5.95 Å². The Labute approximate surface area is 119 Å². The van der Waals surface area contributed by atoms with E-state index >= 15 is 0 Å². The normalized spacial score (nSPS) is 10.1.